The zero-order valence-electron chi connectivity index (χ0n) is 14.6. The van der Waals surface area contributed by atoms with Crippen LogP contribution in [0.4, 0.5) is 5.69 Å². The zero-order chi connectivity index (χ0) is 16.2. The van der Waals surface area contributed by atoms with Gasteiger partial charge in [0.05, 0.1) is 6.04 Å². The van der Waals surface area contributed by atoms with E-state index in [4.69, 9.17) is 4.89 Å². The van der Waals surface area contributed by atoms with Crippen LogP contribution in [0.3, 0.4) is 0 Å². The van der Waals surface area contributed by atoms with Crippen molar-refractivity contribution >= 4 is 5.69 Å². The van der Waals surface area contributed by atoms with Crippen molar-refractivity contribution in [3.63, 3.8) is 0 Å². The molecular formula is C20H29NO2. The van der Waals surface area contributed by atoms with Gasteiger partial charge in [0, 0.05) is 11.1 Å². The first-order valence-electron chi connectivity index (χ1n) is 9.18. The van der Waals surface area contributed by atoms with Crippen LogP contribution in [0.15, 0.2) is 18.2 Å². The fourth-order valence-corrected chi connectivity index (χ4v) is 5.49. The quantitative estimate of drug-likeness (QED) is 0.574. The SMILES string of the molecule is CC(C)(C)c1ccc2c(c1)[C@]13CCCC[C@H]1CC[C@@H](OO)C3N2. The molecule has 2 N–H and O–H groups in total. The standard InChI is InChI=1S/C20H29NO2/c1-19(2,3)14-7-9-16-15(12-14)20-11-5-4-6-13(20)8-10-17(23-22)18(20)21-16/h7,9,12-13,17-18,21-22H,4-6,8,10-11H2,1-3H3/t13-,17+,18?,20-/m0/s1. The topological polar surface area (TPSA) is 41.5 Å². The highest BCUT2D eigenvalue weighted by Gasteiger charge is 2.58. The van der Waals surface area contributed by atoms with E-state index in [1.165, 1.54) is 48.9 Å². The van der Waals surface area contributed by atoms with Crippen molar-refractivity contribution in [3.05, 3.63) is 29.3 Å². The molecule has 1 unspecified atom stereocenters. The van der Waals surface area contributed by atoms with Crippen LogP contribution in [0.25, 0.3) is 0 Å². The molecular weight excluding hydrogens is 286 g/mol. The normalized spacial score (nSPS) is 35.9. The highest BCUT2D eigenvalue weighted by molar-refractivity contribution is 5.65. The third kappa shape index (κ3) is 2.16. The van der Waals surface area contributed by atoms with Crippen LogP contribution in [0.5, 0.6) is 0 Å². The van der Waals surface area contributed by atoms with E-state index >= 15 is 0 Å². The Morgan fingerprint density at radius 2 is 2.00 bits per heavy atom. The lowest BCUT2D eigenvalue weighted by molar-refractivity contribution is -0.292. The van der Waals surface area contributed by atoms with E-state index in [0.29, 0.717) is 0 Å². The van der Waals surface area contributed by atoms with E-state index in [0.717, 1.165) is 12.3 Å². The Labute approximate surface area is 139 Å². The summed E-state index contributed by atoms with van der Waals surface area (Å²) < 4.78 is 0. The van der Waals surface area contributed by atoms with Gasteiger partial charge in [0.15, 0.2) is 0 Å². The number of benzene rings is 1. The van der Waals surface area contributed by atoms with Gasteiger partial charge in [0.1, 0.15) is 6.10 Å². The molecule has 1 heterocycles. The number of rotatable bonds is 1. The van der Waals surface area contributed by atoms with E-state index < -0.39 is 0 Å². The van der Waals surface area contributed by atoms with Gasteiger partial charge in [-0.05, 0) is 54.2 Å². The summed E-state index contributed by atoms with van der Waals surface area (Å²) in [5.74, 6) is 0.719. The van der Waals surface area contributed by atoms with Crippen LogP contribution in [0.2, 0.25) is 0 Å². The van der Waals surface area contributed by atoms with E-state index in [1.54, 1.807) is 0 Å². The van der Waals surface area contributed by atoms with Crippen molar-refractivity contribution in [3.8, 4) is 0 Å². The second-order valence-corrected chi connectivity index (χ2v) is 8.84. The molecule has 1 aliphatic heterocycles. The maximum Gasteiger partial charge on any atom is 0.114 e. The number of fused-ring (bicyclic) bond motifs is 1. The number of hydrogen-bond acceptors (Lipinski definition) is 3. The minimum Gasteiger partial charge on any atom is -0.378 e. The summed E-state index contributed by atoms with van der Waals surface area (Å²) in [5, 5.41) is 13.2. The lowest BCUT2D eigenvalue weighted by Gasteiger charge is -2.51. The van der Waals surface area contributed by atoms with Crippen molar-refractivity contribution in [2.75, 3.05) is 5.32 Å². The smallest absolute Gasteiger partial charge is 0.114 e. The van der Waals surface area contributed by atoms with Gasteiger partial charge in [-0.1, -0.05) is 45.7 Å². The summed E-state index contributed by atoms with van der Waals surface area (Å²) in [4.78, 5) is 4.92. The second-order valence-electron chi connectivity index (χ2n) is 8.84. The van der Waals surface area contributed by atoms with E-state index in [-0.39, 0.29) is 23.0 Å². The van der Waals surface area contributed by atoms with Gasteiger partial charge in [-0.2, -0.15) is 0 Å². The number of anilines is 1. The fourth-order valence-electron chi connectivity index (χ4n) is 5.49. The highest BCUT2D eigenvalue weighted by Crippen LogP contribution is 2.58. The number of nitrogens with one attached hydrogen (secondary N) is 1. The molecule has 0 aromatic heterocycles. The Morgan fingerprint density at radius 3 is 2.74 bits per heavy atom. The first-order chi connectivity index (χ1) is 11.0. The Kier molecular flexibility index (Phi) is 3.51. The summed E-state index contributed by atoms with van der Waals surface area (Å²) in [6.07, 6.45) is 7.20. The first-order valence-corrected chi connectivity index (χ1v) is 9.18. The van der Waals surface area contributed by atoms with Crippen LogP contribution in [0.1, 0.15) is 70.4 Å². The van der Waals surface area contributed by atoms with Gasteiger partial charge in [-0.15, -0.1) is 0 Å². The Bertz CT molecular complexity index is 606. The van der Waals surface area contributed by atoms with E-state index in [1.807, 2.05) is 0 Å². The molecule has 1 aromatic carbocycles. The molecule has 2 aliphatic carbocycles. The van der Waals surface area contributed by atoms with Crippen molar-refractivity contribution in [2.45, 2.75) is 82.3 Å². The molecule has 2 fully saturated rings. The van der Waals surface area contributed by atoms with Crippen molar-refractivity contribution in [1.82, 2.24) is 0 Å². The molecule has 126 valence electrons. The van der Waals surface area contributed by atoms with E-state index in [2.05, 4.69) is 44.3 Å². The fraction of sp³-hybridized carbons (Fsp3) is 0.700. The molecule has 0 amide bonds. The van der Waals surface area contributed by atoms with Gasteiger partial charge in [0.25, 0.3) is 0 Å². The average Bonchev–Trinajstić information content (AvgIpc) is 2.86. The lowest BCUT2D eigenvalue weighted by Crippen LogP contribution is -2.56. The lowest BCUT2D eigenvalue weighted by atomic mass is 9.54. The summed E-state index contributed by atoms with van der Waals surface area (Å²) in [7, 11) is 0. The molecule has 2 saturated carbocycles. The summed E-state index contributed by atoms with van der Waals surface area (Å²) >= 11 is 0. The van der Waals surface area contributed by atoms with Crippen LogP contribution in [0, 0.1) is 5.92 Å². The summed E-state index contributed by atoms with van der Waals surface area (Å²) in [6, 6.07) is 7.17. The Morgan fingerprint density at radius 1 is 1.17 bits per heavy atom. The maximum absolute atomic E-state index is 9.45. The van der Waals surface area contributed by atoms with Crippen LogP contribution >= 0.6 is 0 Å². The molecule has 0 saturated heterocycles. The third-order valence-corrected chi connectivity index (χ3v) is 6.68. The molecule has 23 heavy (non-hydrogen) atoms. The minimum atomic E-state index is -0.0881. The van der Waals surface area contributed by atoms with Gasteiger partial charge < -0.3 is 5.32 Å². The third-order valence-electron chi connectivity index (χ3n) is 6.68. The highest BCUT2D eigenvalue weighted by atomic mass is 17.1. The van der Waals surface area contributed by atoms with Crippen molar-refractivity contribution in [2.24, 2.45) is 5.92 Å². The molecule has 3 nitrogen and oxygen atoms in total. The summed E-state index contributed by atoms with van der Waals surface area (Å²) in [6.45, 7) is 6.85. The molecule has 3 heteroatoms. The summed E-state index contributed by atoms with van der Waals surface area (Å²) in [5.41, 5.74) is 4.47. The Hall–Kier alpha value is -1.06. The van der Waals surface area contributed by atoms with Gasteiger partial charge >= 0.3 is 0 Å². The van der Waals surface area contributed by atoms with Crippen LogP contribution in [-0.4, -0.2) is 17.4 Å². The number of hydrogen-bond donors (Lipinski definition) is 2. The zero-order valence-corrected chi connectivity index (χ0v) is 14.6. The molecule has 3 aliphatic rings. The minimum absolute atomic E-state index is 0.0881. The van der Waals surface area contributed by atoms with Crippen molar-refractivity contribution < 1.29 is 10.1 Å². The van der Waals surface area contributed by atoms with Gasteiger partial charge in [-0.25, -0.2) is 4.89 Å². The van der Waals surface area contributed by atoms with Crippen molar-refractivity contribution in [1.29, 1.82) is 0 Å². The van der Waals surface area contributed by atoms with Crippen LogP contribution in [-0.2, 0) is 15.7 Å². The van der Waals surface area contributed by atoms with Gasteiger partial charge in [0.2, 0.25) is 0 Å². The average molecular weight is 315 g/mol. The molecule has 1 spiro atoms. The first kappa shape index (κ1) is 15.5. The van der Waals surface area contributed by atoms with Crippen LogP contribution < -0.4 is 5.32 Å². The molecule has 1 aromatic rings. The molecule has 0 radical (unpaired) electrons. The predicted molar refractivity (Wildman–Crippen MR) is 92.9 cm³/mol. The van der Waals surface area contributed by atoms with E-state index in [9.17, 15) is 5.26 Å². The molecule has 4 atom stereocenters. The monoisotopic (exact) mass is 315 g/mol. The van der Waals surface area contributed by atoms with Gasteiger partial charge in [-0.3, -0.25) is 5.26 Å². The predicted octanol–water partition coefficient (Wildman–Crippen LogP) is 4.86. The maximum atomic E-state index is 9.45. The Balaban J connectivity index is 1.85. The largest absolute Gasteiger partial charge is 0.378 e. The molecule has 4 rings (SSSR count). The molecule has 0 bridgehead atoms. The second kappa shape index (κ2) is 5.22.